The summed E-state index contributed by atoms with van der Waals surface area (Å²) in [6.07, 6.45) is 14.1. The van der Waals surface area contributed by atoms with Gasteiger partial charge in [0.25, 0.3) is 0 Å². The van der Waals surface area contributed by atoms with Crippen molar-refractivity contribution in [2.75, 3.05) is 0 Å². The molecule has 0 aromatic heterocycles. The smallest absolute Gasteiger partial charge is 0.0334 e. The molecule has 0 aromatic carbocycles. The van der Waals surface area contributed by atoms with Gasteiger partial charge < -0.3 is 0 Å². The van der Waals surface area contributed by atoms with Crippen molar-refractivity contribution in [1.82, 2.24) is 0 Å². The van der Waals surface area contributed by atoms with Gasteiger partial charge >= 0.3 is 0 Å². The van der Waals surface area contributed by atoms with E-state index in [0.717, 1.165) is 29.6 Å². The molecule has 0 aromatic rings. The second kappa shape index (κ2) is 15.1. The van der Waals surface area contributed by atoms with Gasteiger partial charge in [0, 0.05) is 0 Å². The molecule has 2 aliphatic carbocycles. The summed E-state index contributed by atoms with van der Waals surface area (Å²) in [4.78, 5) is 0. The molecule has 0 heteroatoms. The Hall–Kier alpha value is 0. The third-order valence-corrected chi connectivity index (χ3v) is 9.84. The first kappa shape index (κ1) is 40.0. The van der Waals surface area contributed by atoms with E-state index in [1.807, 2.05) is 0 Å². The first-order chi connectivity index (χ1) is 17.5. The van der Waals surface area contributed by atoms with Crippen molar-refractivity contribution in [3.63, 3.8) is 0 Å². The van der Waals surface area contributed by atoms with Gasteiger partial charge in [0.15, 0.2) is 0 Å². The minimum Gasteiger partial charge on any atom is -0.0651 e. The SMILES string of the molecule is CC(C)(C)C1CCC(C(C)(C)C)CC1.CC(C)(C)CCC(CC(C)(C)C)CC(C)(C)C.CCC1CC1C(C)(C)C. The summed E-state index contributed by atoms with van der Waals surface area (Å²) < 4.78 is 0. The zero-order valence-electron chi connectivity index (χ0n) is 32.0. The summed E-state index contributed by atoms with van der Waals surface area (Å²) in [6, 6.07) is 0. The van der Waals surface area contributed by atoms with Gasteiger partial charge in [-0.2, -0.15) is 0 Å². The molecule has 0 spiro atoms. The van der Waals surface area contributed by atoms with Crippen LogP contribution < -0.4 is 0 Å². The van der Waals surface area contributed by atoms with Crippen molar-refractivity contribution in [2.24, 2.45) is 62.1 Å². The maximum atomic E-state index is 2.40. The topological polar surface area (TPSA) is 0 Å². The maximum Gasteiger partial charge on any atom is -0.0334 e. The molecule has 2 fully saturated rings. The van der Waals surface area contributed by atoms with Crippen LogP contribution in [0, 0.1) is 62.1 Å². The van der Waals surface area contributed by atoms with Crippen molar-refractivity contribution in [3.05, 3.63) is 0 Å². The lowest BCUT2D eigenvalue weighted by Gasteiger charge is -2.41. The average Bonchev–Trinajstić information content (AvgIpc) is 3.50. The summed E-state index contributed by atoms with van der Waals surface area (Å²) in [5.74, 6) is 4.89. The van der Waals surface area contributed by atoms with Gasteiger partial charge in [-0.3, -0.25) is 0 Å². The highest BCUT2D eigenvalue weighted by Gasteiger charge is 2.43. The second-order valence-corrected chi connectivity index (χ2v) is 21.2. The molecule has 2 rings (SSSR count). The Balaban J connectivity index is 0.000000595. The number of hydrogen-bond acceptors (Lipinski definition) is 0. The molecule has 0 nitrogen and oxygen atoms in total. The third kappa shape index (κ3) is 19.2. The highest BCUT2D eigenvalue weighted by atomic mass is 14.5. The van der Waals surface area contributed by atoms with Gasteiger partial charge in [-0.15, -0.1) is 0 Å². The molecule has 0 aliphatic heterocycles. The van der Waals surface area contributed by atoms with E-state index in [1.165, 1.54) is 64.2 Å². The number of rotatable bonds is 5. The first-order valence-electron chi connectivity index (χ1n) is 17.5. The Kier molecular flexibility index (Phi) is 15.1. The van der Waals surface area contributed by atoms with E-state index >= 15 is 0 Å². The molecule has 2 saturated carbocycles. The van der Waals surface area contributed by atoms with Crippen LogP contribution in [0.2, 0.25) is 0 Å². The van der Waals surface area contributed by atoms with Crippen LogP contribution in [0.5, 0.6) is 0 Å². The van der Waals surface area contributed by atoms with Gasteiger partial charge in [0.05, 0.1) is 0 Å². The van der Waals surface area contributed by atoms with E-state index < -0.39 is 0 Å². The Labute approximate surface area is 257 Å². The molecule has 40 heavy (non-hydrogen) atoms. The molecule has 2 atom stereocenters. The van der Waals surface area contributed by atoms with E-state index in [9.17, 15) is 0 Å². The molecular weight excluding hydrogens is 480 g/mol. The molecule has 0 saturated heterocycles. The summed E-state index contributed by atoms with van der Waals surface area (Å²) in [6.45, 7) is 45.1. The van der Waals surface area contributed by atoms with Gasteiger partial charge in [0.2, 0.25) is 0 Å². The predicted molar refractivity (Wildman–Crippen MR) is 186 cm³/mol. The van der Waals surface area contributed by atoms with Gasteiger partial charge in [-0.1, -0.05) is 138 Å². The number of hydrogen-bond donors (Lipinski definition) is 0. The molecule has 2 unspecified atom stereocenters. The molecule has 0 N–H and O–H groups in total. The lowest BCUT2D eigenvalue weighted by Crippen LogP contribution is -2.30. The minimum absolute atomic E-state index is 0.466. The highest BCUT2D eigenvalue weighted by Crippen LogP contribution is 2.52. The average molecular weight is 563 g/mol. The predicted octanol–water partition coefficient (Wildman–Crippen LogP) is 14.3. The Morgan fingerprint density at radius 2 is 0.850 bits per heavy atom. The Morgan fingerprint density at radius 3 is 1.02 bits per heavy atom. The van der Waals surface area contributed by atoms with Crippen LogP contribution in [0.15, 0.2) is 0 Å². The van der Waals surface area contributed by atoms with Crippen LogP contribution in [0.3, 0.4) is 0 Å². The highest BCUT2D eigenvalue weighted by molar-refractivity contribution is 4.93. The van der Waals surface area contributed by atoms with Crippen molar-refractivity contribution in [3.8, 4) is 0 Å². The lowest BCUT2D eigenvalue weighted by molar-refractivity contribution is 0.0970. The summed E-state index contributed by atoms with van der Waals surface area (Å²) in [5, 5.41) is 0. The molecular formula is C40H82. The van der Waals surface area contributed by atoms with Gasteiger partial charge in [0.1, 0.15) is 0 Å². The van der Waals surface area contributed by atoms with Crippen LogP contribution in [0.4, 0.5) is 0 Å². The summed E-state index contributed by atoms with van der Waals surface area (Å²) >= 11 is 0. The van der Waals surface area contributed by atoms with E-state index in [4.69, 9.17) is 0 Å². The monoisotopic (exact) mass is 563 g/mol. The summed E-state index contributed by atoms with van der Waals surface area (Å²) in [7, 11) is 0. The largest absolute Gasteiger partial charge is 0.0651 e. The van der Waals surface area contributed by atoms with Crippen molar-refractivity contribution in [1.29, 1.82) is 0 Å². The Morgan fingerprint density at radius 1 is 0.500 bits per heavy atom. The normalized spacial score (nSPS) is 24.6. The van der Waals surface area contributed by atoms with Crippen molar-refractivity contribution >= 4 is 0 Å². The zero-order chi connectivity index (χ0) is 32.0. The zero-order valence-corrected chi connectivity index (χ0v) is 32.0. The van der Waals surface area contributed by atoms with Crippen LogP contribution in [-0.2, 0) is 0 Å². The van der Waals surface area contributed by atoms with E-state index in [-0.39, 0.29) is 0 Å². The maximum absolute atomic E-state index is 2.40. The van der Waals surface area contributed by atoms with Crippen LogP contribution in [0.1, 0.15) is 196 Å². The van der Waals surface area contributed by atoms with Gasteiger partial charge in [-0.05, 0) is 120 Å². The molecule has 0 radical (unpaired) electrons. The fraction of sp³-hybridized carbons (Fsp3) is 1.00. The second-order valence-electron chi connectivity index (χ2n) is 21.2. The van der Waals surface area contributed by atoms with Crippen molar-refractivity contribution in [2.45, 2.75) is 196 Å². The minimum atomic E-state index is 0.466. The molecule has 2 aliphatic rings. The van der Waals surface area contributed by atoms with E-state index in [2.05, 4.69) is 132 Å². The van der Waals surface area contributed by atoms with Gasteiger partial charge in [-0.25, -0.2) is 0 Å². The first-order valence-corrected chi connectivity index (χ1v) is 17.5. The van der Waals surface area contributed by atoms with Crippen molar-refractivity contribution < 1.29 is 0 Å². The molecule has 0 bridgehead atoms. The fourth-order valence-corrected chi connectivity index (χ4v) is 7.23. The lowest BCUT2D eigenvalue weighted by atomic mass is 9.64. The molecule has 0 amide bonds. The Bertz CT molecular complexity index is 620. The van der Waals surface area contributed by atoms with Crippen LogP contribution >= 0.6 is 0 Å². The standard InChI is InChI=1S/C17H36.C14H28.C9H18/c1-15(2,3)11-10-14(12-16(4,5)6)13-17(7,8)9;1-13(2,3)11-7-9-12(10-8-11)14(4,5)6;1-5-7-6-8(7)9(2,3)4/h14H,10-13H2,1-9H3;11-12H,7-10H2,1-6H3;7-8H,5-6H2,1-4H3. The fourth-order valence-electron chi connectivity index (χ4n) is 7.23. The van der Waals surface area contributed by atoms with E-state index in [0.29, 0.717) is 32.5 Å². The molecule has 242 valence electrons. The van der Waals surface area contributed by atoms with Crippen LogP contribution in [0.25, 0.3) is 0 Å². The quantitative estimate of drug-likeness (QED) is 0.312. The van der Waals surface area contributed by atoms with Crippen LogP contribution in [-0.4, -0.2) is 0 Å². The third-order valence-electron chi connectivity index (χ3n) is 9.84. The molecule has 0 heterocycles. The van der Waals surface area contributed by atoms with E-state index in [1.54, 1.807) is 0 Å². The summed E-state index contributed by atoms with van der Waals surface area (Å²) in [5.41, 5.74) is 3.06.